The lowest BCUT2D eigenvalue weighted by Gasteiger charge is -2.25. The Bertz CT molecular complexity index is 716. The molecule has 0 saturated carbocycles. The van der Waals surface area contributed by atoms with Crippen LogP contribution in [0.15, 0.2) is 42.5 Å². The number of imide groups is 1. The van der Waals surface area contributed by atoms with E-state index in [1.165, 1.54) is 6.08 Å². The fourth-order valence-electron chi connectivity index (χ4n) is 2.52. The molecule has 1 fully saturated rings. The van der Waals surface area contributed by atoms with Gasteiger partial charge in [-0.15, -0.1) is 0 Å². The number of rotatable bonds is 6. The molecule has 1 aromatic carbocycles. The predicted molar refractivity (Wildman–Crippen MR) is 87.7 cm³/mol. The molecule has 0 aliphatic carbocycles. The minimum Gasteiger partial charge on any atom is -0.452 e. The number of nitrogens with one attached hydrogen (secondary N) is 2. The van der Waals surface area contributed by atoms with Gasteiger partial charge in [-0.05, 0) is 18.9 Å². The lowest BCUT2D eigenvalue weighted by molar-refractivity contribution is -0.147. The third-order valence-corrected chi connectivity index (χ3v) is 3.77. The highest BCUT2D eigenvalue weighted by atomic mass is 16.5. The van der Waals surface area contributed by atoms with E-state index in [-0.39, 0.29) is 0 Å². The van der Waals surface area contributed by atoms with Crippen LogP contribution in [-0.2, 0) is 24.7 Å². The first kappa shape index (κ1) is 18.2. The van der Waals surface area contributed by atoms with Crippen molar-refractivity contribution in [3.63, 3.8) is 0 Å². The molecule has 1 heterocycles. The number of nitrogens with zero attached hydrogens (tertiary/aromatic N) is 1. The van der Waals surface area contributed by atoms with E-state index >= 15 is 0 Å². The monoisotopic (exact) mass is 345 g/mol. The van der Waals surface area contributed by atoms with Gasteiger partial charge in [-0.3, -0.25) is 15.0 Å². The Morgan fingerprint density at radius 1 is 1.28 bits per heavy atom. The largest absolute Gasteiger partial charge is 0.452 e. The molecule has 1 aliphatic rings. The first-order chi connectivity index (χ1) is 11.9. The molecule has 8 heteroatoms. The van der Waals surface area contributed by atoms with Crippen LogP contribution in [0.25, 0.3) is 0 Å². The molecule has 8 nitrogen and oxygen atoms in total. The van der Waals surface area contributed by atoms with Gasteiger partial charge in [-0.1, -0.05) is 43.3 Å². The topological polar surface area (TPSA) is 105 Å². The Morgan fingerprint density at radius 2 is 1.96 bits per heavy atom. The second-order valence-electron chi connectivity index (χ2n) is 5.34. The summed E-state index contributed by atoms with van der Waals surface area (Å²) in [6, 6.07) is 8.02. The summed E-state index contributed by atoms with van der Waals surface area (Å²) in [5.74, 6) is -2.08. The molecule has 2 rings (SSSR count). The van der Waals surface area contributed by atoms with Crippen LogP contribution in [0.4, 0.5) is 4.79 Å². The standard InChI is InChI=1S/C17H19N3O5/c1-3-8-14(22)25-11-13(21)19-20-15(23)17(4-2,18-16(20)24)12-9-6-5-7-10-12/h3,5-10H,4,11H2,1-2H3,(H,18,24)(H,19,21)/b8-3+/t17-/m1/s1. The van der Waals surface area contributed by atoms with Crippen molar-refractivity contribution < 1.29 is 23.9 Å². The van der Waals surface area contributed by atoms with Crippen molar-refractivity contribution in [2.75, 3.05) is 6.61 Å². The fraction of sp³-hybridized carbons (Fsp3) is 0.294. The Hall–Kier alpha value is -3.16. The molecular formula is C17H19N3O5. The van der Waals surface area contributed by atoms with Gasteiger partial charge in [0.05, 0.1) is 0 Å². The summed E-state index contributed by atoms with van der Waals surface area (Å²) in [5.41, 5.74) is 1.54. The summed E-state index contributed by atoms with van der Waals surface area (Å²) in [7, 11) is 0. The number of hydrogen-bond acceptors (Lipinski definition) is 5. The molecule has 1 aromatic rings. The second-order valence-corrected chi connectivity index (χ2v) is 5.34. The van der Waals surface area contributed by atoms with E-state index in [1.807, 2.05) is 0 Å². The molecule has 2 N–H and O–H groups in total. The second kappa shape index (κ2) is 7.61. The zero-order chi connectivity index (χ0) is 18.4. The molecule has 25 heavy (non-hydrogen) atoms. The smallest absolute Gasteiger partial charge is 0.344 e. The molecule has 0 radical (unpaired) electrons. The first-order valence-corrected chi connectivity index (χ1v) is 7.75. The highest BCUT2D eigenvalue weighted by molar-refractivity contribution is 6.08. The van der Waals surface area contributed by atoms with Gasteiger partial charge < -0.3 is 10.1 Å². The number of hydrogen-bond donors (Lipinski definition) is 2. The molecule has 1 aliphatic heterocycles. The van der Waals surface area contributed by atoms with Crippen molar-refractivity contribution >= 4 is 23.8 Å². The molecule has 1 atom stereocenters. The minimum atomic E-state index is -1.24. The SMILES string of the molecule is C/C=C/C(=O)OCC(=O)NN1C(=O)N[C@](CC)(c2ccccc2)C1=O. The number of ether oxygens (including phenoxy) is 1. The molecule has 0 unspecified atom stereocenters. The van der Waals surface area contributed by atoms with Crippen LogP contribution in [0.2, 0.25) is 0 Å². The first-order valence-electron chi connectivity index (χ1n) is 7.75. The maximum absolute atomic E-state index is 12.8. The van der Waals surface area contributed by atoms with Crippen LogP contribution in [0, 0.1) is 0 Å². The third kappa shape index (κ3) is 3.68. The van der Waals surface area contributed by atoms with Gasteiger partial charge >= 0.3 is 12.0 Å². The van der Waals surface area contributed by atoms with Gasteiger partial charge in [0.25, 0.3) is 11.8 Å². The van der Waals surface area contributed by atoms with Crippen molar-refractivity contribution in [2.45, 2.75) is 25.8 Å². The summed E-state index contributed by atoms with van der Waals surface area (Å²) >= 11 is 0. The molecular weight excluding hydrogens is 326 g/mol. The van der Waals surface area contributed by atoms with Gasteiger partial charge in [-0.2, -0.15) is 5.01 Å². The van der Waals surface area contributed by atoms with E-state index in [1.54, 1.807) is 44.2 Å². The van der Waals surface area contributed by atoms with Gasteiger partial charge in [0, 0.05) is 6.08 Å². The predicted octanol–water partition coefficient (Wildman–Crippen LogP) is 0.994. The number of amides is 4. The van der Waals surface area contributed by atoms with Gasteiger partial charge in [0.2, 0.25) is 0 Å². The normalized spacial score (nSPS) is 19.8. The van der Waals surface area contributed by atoms with E-state index in [4.69, 9.17) is 0 Å². The average Bonchev–Trinajstić information content (AvgIpc) is 2.86. The number of hydrazine groups is 1. The van der Waals surface area contributed by atoms with Crippen molar-refractivity contribution in [2.24, 2.45) is 0 Å². The van der Waals surface area contributed by atoms with Gasteiger partial charge in [-0.25, -0.2) is 9.59 Å². The Kier molecular flexibility index (Phi) is 5.53. The maximum atomic E-state index is 12.8. The van der Waals surface area contributed by atoms with Crippen molar-refractivity contribution in [3.8, 4) is 0 Å². The number of carbonyl (C=O) groups is 4. The Balaban J connectivity index is 2.10. The number of allylic oxidation sites excluding steroid dienone is 1. The molecule has 0 spiro atoms. The van der Waals surface area contributed by atoms with Crippen LogP contribution in [-0.4, -0.2) is 35.4 Å². The van der Waals surface area contributed by atoms with Crippen LogP contribution >= 0.6 is 0 Å². The molecule has 1 saturated heterocycles. The molecule has 132 valence electrons. The zero-order valence-electron chi connectivity index (χ0n) is 13.9. The quantitative estimate of drug-likeness (QED) is 0.454. The van der Waals surface area contributed by atoms with E-state index < -0.39 is 36.0 Å². The summed E-state index contributed by atoms with van der Waals surface area (Å²) in [4.78, 5) is 48.0. The van der Waals surface area contributed by atoms with Gasteiger partial charge in [0.15, 0.2) is 6.61 Å². The number of carbonyl (C=O) groups excluding carboxylic acids is 4. The van der Waals surface area contributed by atoms with E-state index in [2.05, 4.69) is 15.5 Å². The summed E-state index contributed by atoms with van der Waals surface area (Å²) in [5, 5.41) is 3.24. The Morgan fingerprint density at radius 3 is 2.56 bits per heavy atom. The summed E-state index contributed by atoms with van der Waals surface area (Å²) < 4.78 is 4.68. The van der Waals surface area contributed by atoms with Crippen LogP contribution in [0.3, 0.4) is 0 Å². The number of benzene rings is 1. The van der Waals surface area contributed by atoms with Crippen LogP contribution in [0.1, 0.15) is 25.8 Å². The van der Waals surface area contributed by atoms with Crippen molar-refractivity contribution in [1.29, 1.82) is 0 Å². The highest BCUT2D eigenvalue weighted by Gasteiger charge is 2.52. The number of urea groups is 1. The summed E-state index contributed by atoms with van der Waals surface area (Å²) in [6.45, 7) is 2.78. The lowest BCUT2D eigenvalue weighted by atomic mass is 9.87. The molecule has 0 aromatic heterocycles. The maximum Gasteiger partial charge on any atom is 0.344 e. The molecule has 4 amide bonds. The Labute approximate surface area is 144 Å². The summed E-state index contributed by atoms with van der Waals surface area (Å²) in [6.07, 6.45) is 2.93. The lowest BCUT2D eigenvalue weighted by Crippen LogP contribution is -2.49. The average molecular weight is 345 g/mol. The molecule has 0 bridgehead atoms. The van der Waals surface area contributed by atoms with Gasteiger partial charge in [0.1, 0.15) is 5.54 Å². The zero-order valence-corrected chi connectivity index (χ0v) is 13.9. The van der Waals surface area contributed by atoms with E-state index in [9.17, 15) is 19.2 Å². The van der Waals surface area contributed by atoms with Crippen molar-refractivity contribution in [1.82, 2.24) is 15.8 Å². The highest BCUT2D eigenvalue weighted by Crippen LogP contribution is 2.31. The van der Waals surface area contributed by atoms with Crippen LogP contribution in [0.5, 0.6) is 0 Å². The van der Waals surface area contributed by atoms with E-state index in [0.29, 0.717) is 17.0 Å². The van der Waals surface area contributed by atoms with E-state index in [0.717, 1.165) is 6.08 Å². The third-order valence-electron chi connectivity index (χ3n) is 3.77. The van der Waals surface area contributed by atoms with Crippen LogP contribution < -0.4 is 10.7 Å². The fourth-order valence-corrected chi connectivity index (χ4v) is 2.52. The minimum absolute atomic E-state index is 0.310. The number of esters is 1. The van der Waals surface area contributed by atoms with Crippen molar-refractivity contribution in [3.05, 3.63) is 48.0 Å².